The number of hydrogen-bond donors (Lipinski definition) is 0. The van der Waals surface area contributed by atoms with Gasteiger partial charge in [0.15, 0.2) is 0 Å². The SMILES string of the molecule is CN(C)/C=C1/C[C@@H](C(=O)OC(C)(C)C)N(C(=O)OC(C)(C)C)C1=O. The molecule has 136 valence electrons. The van der Waals surface area contributed by atoms with Gasteiger partial charge in [-0.05, 0) is 41.5 Å². The summed E-state index contributed by atoms with van der Waals surface area (Å²) in [7, 11) is 3.53. The van der Waals surface area contributed by atoms with E-state index in [-0.39, 0.29) is 6.42 Å². The first-order chi connectivity index (χ1) is 10.7. The van der Waals surface area contributed by atoms with Crippen molar-refractivity contribution in [3.05, 3.63) is 11.8 Å². The summed E-state index contributed by atoms with van der Waals surface area (Å²) in [6.07, 6.45) is 0.861. The van der Waals surface area contributed by atoms with Crippen LogP contribution in [0, 0.1) is 0 Å². The van der Waals surface area contributed by atoms with Crippen LogP contribution < -0.4 is 0 Å². The molecule has 2 amide bonds. The third-order valence-electron chi connectivity index (χ3n) is 2.90. The summed E-state index contributed by atoms with van der Waals surface area (Å²) in [6, 6.07) is -1.02. The van der Waals surface area contributed by atoms with Crippen LogP contribution in [0.1, 0.15) is 48.0 Å². The number of nitrogens with zero attached hydrogens (tertiary/aromatic N) is 2. The number of carbonyl (C=O) groups is 3. The van der Waals surface area contributed by atoms with Crippen molar-refractivity contribution in [2.45, 2.75) is 65.2 Å². The number of carbonyl (C=O) groups excluding carboxylic acids is 3. The van der Waals surface area contributed by atoms with Gasteiger partial charge in [-0.15, -0.1) is 0 Å². The summed E-state index contributed by atoms with van der Waals surface area (Å²) >= 11 is 0. The summed E-state index contributed by atoms with van der Waals surface area (Å²) in [4.78, 5) is 40.0. The van der Waals surface area contributed by atoms with E-state index in [0.29, 0.717) is 5.57 Å². The lowest BCUT2D eigenvalue weighted by Crippen LogP contribution is -2.47. The lowest BCUT2D eigenvalue weighted by molar-refractivity contribution is -0.161. The van der Waals surface area contributed by atoms with E-state index in [4.69, 9.17) is 9.47 Å². The molecular weight excluding hydrogens is 312 g/mol. The maximum Gasteiger partial charge on any atom is 0.418 e. The van der Waals surface area contributed by atoms with Crippen molar-refractivity contribution in [1.29, 1.82) is 0 Å². The number of rotatable bonds is 2. The van der Waals surface area contributed by atoms with Gasteiger partial charge < -0.3 is 14.4 Å². The second kappa shape index (κ2) is 6.83. The van der Waals surface area contributed by atoms with Crippen LogP contribution in [0.3, 0.4) is 0 Å². The number of imide groups is 1. The van der Waals surface area contributed by atoms with Crippen molar-refractivity contribution < 1.29 is 23.9 Å². The molecule has 0 aromatic heterocycles. The van der Waals surface area contributed by atoms with Crippen molar-refractivity contribution in [2.24, 2.45) is 0 Å². The Morgan fingerprint density at radius 2 is 1.58 bits per heavy atom. The number of amides is 2. The fraction of sp³-hybridized carbons (Fsp3) is 0.706. The largest absolute Gasteiger partial charge is 0.458 e. The Morgan fingerprint density at radius 3 is 2.00 bits per heavy atom. The molecule has 1 saturated heterocycles. The van der Waals surface area contributed by atoms with Crippen LogP contribution in [-0.4, -0.2) is 59.1 Å². The first-order valence-electron chi connectivity index (χ1n) is 7.88. The molecule has 0 aliphatic carbocycles. The lowest BCUT2D eigenvalue weighted by atomic mass is 10.1. The van der Waals surface area contributed by atoms with Crippen LogP contribution in [0.2, 0.25) is 0 Å². The molecule has 0 spiro atoms. The number of hydrogen-bond acceptors (Lipinski definition) is 6. The van der Waals surface area contributed by atoms with Crippen molar-refractivity contribution in [2.75, 3.05) is 14.1 Å². The van der Waals surface area contributed by atoms with Gasteiger partial charge in [0, 0.05) is 32.3 Å². The summed E-state index contributed by atoms with van der Waals surface area (Å²) < 4.78 is 10.6. The van der Waals surface area contributed by atoms with Crippen LogP contribution in [0.4, 0.5) is 4.79 Å². The summed E-state index contributed by atoms with van der Waals surface area (Å²) in [6.45, 7) is 10.3. The van der Waals surface area contributed by atoms with Gasteiger partial charge in [-0.3, -0.25) is 4.79 Å². The highest BCUT2D eigenvalue weighted by Gasteiger charge is 2.47. The molecule has 0 N–H and O–H groups in total. The van der Waals surface area contributed by atoms with Gasteiger partial charge in [0.2, 0.25) is 0 Å². The normalized spacial score (nSPS) is 20.3. The molecule has 1 aliphatic rings. The molecule has 1 fully saturated rings. The Bertz CT molecular complexity index is 552. The molecule has 1 heterocycles. The highest BCUT2D eigenvalue weighted by molar-refractivity contribution is 6.08. The van der Waals surface area contributed by atoms with E-state index < -0.39 is 35.2 Å². The first kappa shape index (κ1) is 20.0. The fourth-order valence-electron chi connectivity index (χ4n) is 2.18. The van der Waals surface area contributed by atoms with Crippen molar-refractivity contribution in [3.8, 4) is 0 Å². The van der Waals surface area contributed by atoms with Crippen LogP contribution in [-0.2, 0) is 19.1 Å². The van der Waals surface area contributed by atoms with E-state index in [1.807, 2.05) is 0 Å². The average Bonchev–Trinajstić information content (AvgIpc) is 2.61. The molecule has 0 saturated carbocycles. The lowest BCUT2D eigenvalue weighted by Gasteiger charge is -2.28. The van der Waals surface area contributed by atoms with E-state index in [2.05, 4.69) is 0 Å². The quantitative estimate of drug-likeness (QED) is 0.567. The van der Waals surface area contributed by atoms with Gasteiger partial charge in [0.1, 0.15) is 17.2 Å². The standard InChI is InChI=1S/C17H28N2O5/c1-16(2,3)23-14(21)12-9-11(10-18(7)8)13(20)19(12)15(22)24-17(4,5)6/h10,12H,9H2,1-8H3/b11-10-/t12-/m0/s1. The predicted octanol–water partition coefficient (Wildman–Crippen LogP) is 2.31. The second-order valence-corrected chi connectivity index (χ2v) is 8.03. The van der Waals surface area contributed by atoms with E-state index in [1.165, 1.54) is 0 Å². The molecule has 0 aromatic rings. The number of esters is 1. The summed E-state index contributed by atoms with van der Waals surface area (Å²) in [5.41, 5.74) is -1.13. The molecule has 1 aliphatic heterocycles. The predicted molar refractivity (Wildman–Crippen MR) is 89.1 cm³/mol. The molecule has 0 aromatic carbocycles. The van der Waals surface area contributed by atoms with Crippen molar-refractivity contribution in [3.63, 3.8) is 0 Å². The minimum absolute atomic E-state index is 0.102. The fourth-order valence-corrected chi connectivity index (χ4v) is 2.18. The third-order valence-corrected chi connectivity index (χ3v) is 2.90. The van der Waals surface area contributed by atoms with Crippen LogP contribution in [0.15, 0.2) is 11.8 Å². The highest BCUT2D eigenvalue weighted by Crippen LogP contribution is 2.28. The van der Waals surface area contributed by atoms with Crippen molar-refractivity contribution >= 4 is 18.0 Å². The van der Waals surface area contributed by atoms with Crippen LogP contribution in [0.5, 0.6) is 0 Å². The Morgan fingerprint density at radius 1 is 1.08 bits per heavy atom. The van der Waals surface area contributed by atoms with E-state index in [0.717, 1.165) is 4.90 Å². The molecule has 24 heavy (non-hydrogen) atoms. The Hall–Kier alpha value is -2.05. The molecular formula is C17H28N2O5. The Balaban J connectivity index is 3.14. The van der Waals surface area contributed by atoms with Gasteiger partial charge in [0.05, 0.1) is 0 Å². The van der Waals surface area contributed by atoms with Crippen LogP contribution in [0.25, 0.3) is 0 Å². The zero-order valence-electron chi connectivity index (χ0n) is 15.8. The van der Waals surface area contributed by atoms with Gasteiger partial charge in [-0.2, -0.15) is 0 Å². The molecule has 0 radical (unpaired) electrons. The van der Waals surface area contributed by atoms with Gasteiger partial charge >= 0.3 is 12.1 Å². The Kier molecular flexibility index (Phi) is 5.69. The minimum Gasteiger partial charge on any atom is -0.458 e. The average molecular weight is 340 g/mol. The number of ether oxygens (including phenoxy) is 2. The molecule has 1 rings (SSSR count). The third kappa shape index (κ3) is 5.54. The molecule has 7 nitrogen and oxygen atoms in total. The second-order valence-electron chi connectivity index (χ2n) is 8.03. The molecule has 1 atom stereocenters. The summed E-state index contributed by atoms with van der Waals surface area (Å²) in [5.74, 6) is -1.15. The van der Waals surface area contributed by atoms with E-state index in [1.54, 1.807) is 66.7 Å². The smallest absolute Gasteiger partial charge is 0.418 e. The zero-order chi connectivity index (χ0) is 18.9. The minimum atomic E-state index is -1.02. The van der Waals surface area contributed by atoms with E-state index >= 15 is 0 Å². The van der Waals surface area contributed by atoms with Gasteiger partial charge in [-0.25, -0.2) is 14.5 Å². The molecule has 7 heteroatoms. The van der Waals surface area contributed by atoms with Crippen molar-refractivity contribution in [1.82, 2.24) is 9.80 Å². The topological polar surface area (TPSA) is 76.2 Å². The van der Waals surface area contributed by atoms with Gasteiger partial charge in [-0.1, -0.05) is 0 Å². The number of likely N-dealkylation sites (tertiary alicyclic amines) is 1. The van der Waals surface area contributed by atoms with Crippen LogP contribution >= 0.6 is 0 Å². The first-order valence-corrected chi connectivity index (χ1v) is 7.88. The maximum absolute atomic E-state index is 12.6. The maximum atomic E-state index is 12.6. The molecule has 0 bridgehead atoms. The van der Waals surface area contributed by atoms with Gasteiger partial charge in [0.25, 0.3) is 5.91 Å². The molecule has 0 unspecified atom stereocenters. The zero-order valence-corrected chi connectivity index (χ0v) is 15.8. The summed E-state index contributed by atoms with van der Waals surface area (Å²) in [5, 5.41) is 0. The highest BCUT2D eigenvalue weighted by atomic mass is 16.6. The van der Waals surface area contributed by atoms with E-state index in [9.17, 15) is 14.4 Å². The Labute approximate surface area is 143 Å². The monoisotopic (exact) mass is 340 g/mol.